The number of carbonyl (C=O) groups excluding carboxylic acids is 1. The lowest BCUT2D eigenvalue weighted by molar-refractivity contribution is -0.146. The molecule has 0 unspecified atom stereocenters. The van der Waals surface area contributed by atoms with Crippen LogP contribution >= 0.6 is 0 Å². The number of anilines is 1. The van der Waals surface area contributed by atoms with Crippen LogP contribution in [0.25, 0.3) is 22.5 Å². The molecule has 6 heteroatoms. The van der Waals surface area contributed by atoms with Gasteiger partial charge < -0.3 is 18.9 Å². The Kier molecular flexibility index (Phi) is 7.73. The first-order valence-corrected chi connectivity index (χ1v) is 13.6. The van der Waals surface area contributed by atoms with Gasteiger partial charge in [0.15, 0.2) is 5.76 Å². The second kappa shape index (κ2) is 11.4. The standard InChI is InChI=1S/C33H36N2O4/c1-5-38-32(36)33(20-21-33)28-16-14-26(15-17-28)25-10-12-27(13-11-25)31-30(23(2)34-39-31)35(3)22-6-7-24-8-18-29(37-4)19-9-24/h8-19H,5-7,20-22H2,1-4H3. The molecule has 0 amide bonds. The van der Waals surface area contributed by atoms with Crippen LogP contribution in [0, 0.1) is 6.92 Å². The number of rotatable bonds is 11. The number of methoxy groups -OCH3 is 1. The summed E-state index contributed by atoms with van der Waals surface area (Å²) in [6, 6.07) is 24.9. The van der Waals surface area contributed by atoms with E-state index in [4.69, 9.17) is 14.0 Å². The topological polar surface area (TPSA) is 64.8 Å². The van der Waals surface area contributed by atoms with E-state index in [9.17, 15) is 4.79 Å². The van der Waals surface area contributed by atoms with Crippen molar-refractivity contribution in [3.8, 4) is 28.2 Å². The molecule has 0 N–H and O–H groups in total. The molecule has 1 saturated carbocycles. The number of benzene rings is 3. The maximum absolute atomic E-state index is 12.4. The lowest BCUT2D eigenvalue weighted by atomic mass is 9.93. The van der Waals surface area contributed by atoms with Gasteiger partial charge in [-0.3, -0.25) is 4.79 Å². The van der Waals surface area contributed by atoms with Gasteiger partial charge in [0.1, 0.15) is 17.1 Å². The minimum atomic E-state index is -0.445. The predicted octanol–water partition coefficient (Wildman–Crippen LogP) is 6.99. The van der Waals surface area contributed by atoms with E-state index in [1.54, 1.807) is 7.11 Å². The van der Waals surface area contributed by atoms with E-state index in [0.717, 1.165) is 77.4 Å². The van der Waals surface area contributed by atoms with Gasteiger partial charge in [0.25, 0.3) is 0 Å². The Hall–Kier alpha value is -4.06. The second-order valence-electron chi connectivity index (χ2n) is 10.3. The molecule has 1 aromatic heterocycles. The number of aromatic nitrogens is 1. The Morgan fingerprint density at radius 2 is 1.56 bits per heavy atom. The number of hydrogen-bond donors (Lipinski definition) is 0. The van der Waals surface area contributed by atoms with Crippen molar-refractivity contribution in [2.24, 2.45) is 0 Å². The molecule has 202 valence electrons. The van der Waals surface area contributed by atoms with Crippen molar-refractivity contribution >= 4 is 11.7 Å². The molecule has 1 fully saturated rings. The van der Waals surface area contributed by atoms with E-state index in [-0.39, 0.29) is 5.97 Å². The van der Waals surface area contributed by atoms with Gasteiger partial charge in [0.05, 0.1) is 19.1 Å². The first-order valence-electron chi connectivity index (χ1n) is 13.6. The number of carbonyl (C=O) groups is 1. The summed E-state index contributed by atoms with van der Waals surface area (Å²) in [5.74, 6) is 1.56. The average molecular weight is 525 g/mol. The van der Waals surface area contributed by atoms with Crippen molar-refractivity contribution in [1.82, 2.24) is 5.16 Å². The molecule has 1 aliphatic rings. The Labute approximate surface area is 230 Å². The van der Waals surface area contributed by atoms with Crippen LogP contribution in [0.2, 0.25) is 0 Å². The number of nitrogens with zero attached hydrogens (tertiary/aromatic N) is 2. The lowest BCUT2D eigenvalue weighted by Crippen LogP contribution is -2.23. The molecule has 6 nitrogen and oxygen atoms in total. The highest BCUT2D eigenvalue weighted by Crippen LogP contribution is 2.49. The van der Waals surface area contributed by atoms with Crippen LogP contribution in [0.1, 0.15) is 43.0 Å². The number of esters is 1. The van der Waals surface area contributed by atoms with Crippen LogP contribution in [0.5, 0.6) is 5.75 Å². The quantitative estimate of drug-likeness (QED) is 0.197. The molecule has 1 aliphatic carbocycles. The summed E-state index contributed by atoms with van der Waals surface area (Å²) >= 11 is 0. The third-order valence-corrected chi connectivity index (χ3v) is 7.67. The van der Waals surface area contributed by atoms with E-state index >= 15 is 0 Å². The van der Waals surface area contributed by atoms with Gasteiger partial charge in [-0.15, -0.1) is 0 Å². The highest BCUT2D eigenvalue weighted by atomic mass is 16.5. The van der Waals surface area contributed by atoms with Crippen molar-refractivity contribution < 1.29 is 18.8 Å². The van der Waals surface area contributed by atoms with Gasteiger partial charge in [-0.25, -0.2) is 0 Å². The zero-order valence-corrected chi connectivity index (χ0v) is 23.2. The maximum atomic E-state index is 12.4. The van der Waals surface area contributed by atoms with Gasteiger partial charge in [-0.2, -0.15) is 0 Å². The van der Waals surface area contributed by atoms with Crippen LogP contribution in [0.3, 0.4) is 0 Å². The number of aryl methyl sites for hydroxylation is 2. The highest BCUT2D eigenvalue weighted by Gasteiger charge is 2.52. The first kappa shape index (κ1) is 26.5. The molecule has 5 rings (SSSR count). The molecular formula is C33H36N2O4. The minimum Gasteiger partial charge on any atom is -0.497 e. The SMILES string of the molecule is CCOC(=O)C1(c2ccc(-c3ccc(-c4onc(C)c4N(C)CCCc4ccc(OC)cc4)cc3)cc2)CC1. The van der Waals surface area contributed by atoms with Gasteiger partial charge in [-0.05, 0) is 73.9 Å². The summed E-state index contributed by atoms with van der Waals surface area (Å²) in [7, 11) is 3.78. The largest absolute Gasteiger partial charge is 0.497 e. The Bertz CT molecular complexity index is 1400. The predicted molar refractivity (Wildman–Crippen MR) is 154 cm³/mol. The van der Waals surface area contributed by atoms with Crippen LogP contribution in [0.4, 0.5) is 5.69 Å². The van der Waals surface area contributed by atoms with Crippen LogP contribution < -0.4 is 9.64 Å². The van der Waals surface area contributed by atoms with Crippen molar-refractivity contribution in [1.29, 1.82) is 0 Å². The molecule has 4 aromatic rings. The van der Waals surface area contributed by atoms with E-state index in [2.05, 4.69) is 77.8 Å². The molecule has 0 radical (unpaired) electrons. The van der Waals surface area contributed by atoms with E-state index < -0.39 is 5.41 Å². The molecule has 39 heavy (non-hydrogen) atoms. The summed E-state index contributed by atoms with van der Waals surface area (Å²) in [6.45, 7) is 5.14. The van der Waals surface area contributed by atoms with Crippen molar-refractivity contribution in [2.45, 2.75) is 44.9 Å². The summed E-state index contributed by atoms with van der Waals surface area (Å²) in [5, 5.41) is 4.28. The van der Waals surface area contributed by atoms with Crippen LogP contribution in [0.15, 0.2) is 77.3 Å². The van der Waals surface area contributed by atoms with E-state index in [1.807, 2.05) is 26.0 Å². The van der Waals surface area contributed by atoms with Crippen molar-refractivity contribution in [3.63, 3.8) is 0 Å². The smallest absolute Gasteiger partial charge is 0.316 e. The Morgan fingerprint density at radius 1 is 0.949 bits per heavy atom. The van der Waals surface area contributed by atoms with Gasteiger partial charge >= 0.3 is 5.97 Å². The van der Waals surface area contributed by atoms with Crippen molar-refractivity contribution in [3.05, 3.63) is 89.6 Å². The molecule has 0 atom stereocenters. The van der Waals surface area contributed by atoms with E-state index in [0.29, 0.717) is 6.61 Å². The van der Waals surface area contributed by atoms with Gasteiger partial charge in [-0.1, -0.05) is 65.8 Å². The molecule has 0 aliphatic heterocycles. The monoisotopic (exact) mass is 524 g/mol. The van der Waals surface area contributed by atoms with Gasteiger partial charge in [0, 0.05) is 19.2 Å². The van der Waals surface area contributed by atoms with Crippen LogP contribution in [-0.2, 0) is 21.4 Å². The number of hydrogen-bond acceptors (Lipinski definition) is 6. The lowest BCUT2D eigenvalue weighted by Gasteiger charge is -2.19. The summed E-state index contributed by atoms with van der Waals surface area (Å²) < 4.78 is 16.4. The molecule has 0 bridgehead atoms. The molecule has 0 saturated heterocycles. The fourth-order valence-electron chi connectivity index (χ4n) is 5.23. The second-order valence-corrected chi connectivity index (χ2v) is 10.3. The van der Waals surface area contributed by atoms with Crippen LogP contribution in [-0.4, -0.2) is 38.4 Å². The molecular weight excluding hydrogens is 488 g/mol. The fourth-order valence-corrected chi connectivity index (χ4v) is 5.23. The Balaban J connectivity index is 1.25. The van der Waals surface area contributed by atoms with Crippen molar-refractivity contribution in [2.75, 3.05) is 32.2 Å². The minimum absolute atomic E-state index is 0.106. The molecule has 1 heterocycles. The molecule has 3 aromatic carbocycles. The van der Waals surface area contributed by atoms with Gasteiger partial charge in [0.2, 0.25) is 0 Å². The fraction of sp³-hybridized carbons (Fsp3) is 0.333. The maximum Gasteiger partial charge on any atom is 0.316 e. The normalized spacial score (nSPS) is 13.6. The summed E-state index contributed by atoms with van der Waals surface area (Å²) in [5.41, 5.74) is 7.00. The summed E-state index contributed by atoms with van der Waals surface area (Å²) in [4.78, 5) is 14.7. The number of ether oxygens (including phenoxy) is 2. The van der Waals surface area contributed by atoms with E-state index in [1.165, 1.54) is 5.56 Å². The third kappa shape index (κ3) is 5.56. The Morgan fingerprint density at radius 3 is 2.15 bits per heavy atom. The molecule has 0 spiro atoms. The first-order chi connectivity index (χ1) is 18.9. The zero-order valence-electron chi connectivity index (χ0n) is 23.2. The zero-order chi connectivity index (χ0) is 27.4. The highest BCUT2D eigenvalue weighted by molar-refractivity contribution is 5.87. The summed E-state index contributed by atoms with van der Waals surface area (Å²) in [6.07, 6.45) is 3.71. The average Bonchev–Trinajstić information content (AvgIpc) is 3.69. The third-order valence-electron chi connectivity index (χ3n) is 7.67.